The Bertz CT molecular complexity index is 1260. The van der Waals surface area contributed by atoms with Gasteiger partial charge in [0.25, 0.3) is 0 Å². The fraction of sp³-hybridized carbons (Fsp3) is 0.200. The van der Waals surface area contributed by atoms with Crippen molar-refractivity contribution in [2.45, 2.75) is 38.5 Å². The van der Waals surface area contributed by atoms with Crippen LogP contribution < -0.4 is 9.47 Å². The van der Waals surface area contributed by atoms with E-state index in [1.165, 1.54) is 0 Å². The predicted molar refractivity (Wildman–Crippen MR) is 135 cm³/mol. The molecule has 0 aromatic heterocycles. The molecule has 200 valence electrons. The van der Waals surface area contributed by atoms with Crippen molar-refractivity contribution in [3.8, 4) is 23.0 Å². The summed E-state index contributed by atoms with van der Waals surface area (Å²) in [5, 5.41) is 0. The van der Waals surface area contributed by atoms with Crippen molar-refractivity contribution in [2.75, 3.05) is 0 Å². The second kappa shape index (κ2) is 11.6. The van der Waals surface area contributed by atoms with Gasteiger partial charge in [0.15, 0.2) is 0 Å². The summed E-state index contributed by atoms with van der Waals surface area (Å²) < 4.78 is 97.5. The van der Waals surface area contributed by atoms with Gasteiger partial charge in [0.2, 0.25) is 5.41 Å². The van der Waals surface area contributed by atoms with Crippen molar-refractivity contribution in [3.63, 3.8) is 0 Å². The second-order valence-corrected chi connectivity index (χ2v) is 8.12. The lowest BCUT2D eigenvalue weighted by Gasteiger charge is -2.38. The van der Waals surface area contributed by atoms with Crippen LogP contribution >= 0.6 is 0 Å². The molecule has 0 aliphatic rings. The number of rotatable bonds is 6. The van der Waals surface area contributed by atoms with Crippen LogP contribution in [-0.2, 0) is 5.41 Å². The first-order valence-corrected chi connectivity index (χ1v) is 11.8. The molecule has 4 aromatic rings. The number of ether oxygens (including phenoxy) is 2. The Morgan fingerprint density at radius 3 is 1.11 bits per heavy atom. The third-order valence-electron chi connectivity index (χ3n) is 5.66. The lowest BCUT2D eigenvalue weighted by molar-refractivity contribution is -0.288. The number of halogens is 6. The zero-order chi connectivity index (χ0) is 28.0. The minimum absolute atomic E-state index is 0.102. The highest BCUT2D eigenvalue weighted by Crippen LogP contribution is 2.56. The van der Waals surface area contributed by atoms with Crippen molar-refractivity contribution in [1.82, 2.24) is 0 Å². The van der Waals surface area contributed by atoms with Gasteiger partial charge in [0.1, 0.15) is 23.0 Å². The van der Waals surface area contributed by atoms with Crippen LogP contribution in [-0.4, -0.2) is 12.4 Å². The molecule has 0 aliphatic carbocycles. The summed E-state index contributed by atoms with van der Waals surface area (Å²) in [7, 11) is 0. The van der Waals surface area contributed by atoms with E-state index < -0.39 is 28.9 Å². The van der Waals surface area contributed by atoms with E-state index in [1.807, 2.05) is 20.8 Å². The molecule has 0 spiro atoms. The van der Waals surface area contributed by atoms with Gasteiger partial charge in [-0.25, -0.2) is 0 Å². The summed E-state index contributed by atoms with van der Waals surface area (Å²) in [5.74, 6) is 1.00. The van der Waals surface area contributed by atoms with Gasteiger partial charge in [-0.2, -0.15) is 26.3 Å². The van der Waals surface area contributed by atoms with E-state index in [9.17, 15) is 26.3 Å². The molecule has 0 radical (unpaired) electrons. The molecule has 4 aromatic carbocycles. The first kappa shape index (κ1) is 28.6. The fourth-order valence-electron chi connectivity index (χ4n) is 3.90. The Morgan fingerprint density at radius 1 is 0.447 bits per heavy atom. The standard InChI is InChI=1S/C28H20F6O2.C2H6/c1-19-7-13-23(14-8-19)36-25-17-11-21(12-18-25)26(27(29,30)31,28(32,33)34)20-9-15-24(16-10-20)35-22-5-3-2-4-6-22;1-2/h2-18H,1H3;1-2H3. The van der Waals surface area contributed by atoms with Gasteiger partial charge in [-0.15, -0.1) is 0 Å². The molecular weight excluding hydrogens is 506 g/mol. The Kier molecular flexibility index (Phi) is 8.76. The topological polar surface area (TPSA) is 18.5 Å². The van der Waals surface area contributed by atoms with Crippen molar-refractivity contribution < 1.29 is 35.8 Å². The Labute approximate surface area is 217 Å². The second-order valence-electron chi connectivity index (χ2n) is 8.12. The van der Waals surface area contributed by atoms with E-state index in [0.29, 0.717) is 11.5 Å². The Hall–Kier alpha value is -3.94. The zero-order valence-corrected chi connectivity index (χ0v) is 20.9. The highest BCUT2D eigenvalue weighted by atomic mass is 19.4. The average molecular weight is 533 g/mol. The van der Waals surface area contributed by atoms with Crippen LogP contribution in [0.3, 0.4) is 0 Å². The van der Waals surface area contributed by atoms with Crippen molar-refractivity contribution >= 4 is 0 Å². The highest BCUT2D eigenvalue weighted by molar-refractivity contribution is 5.48. The minimum Gasteiger partial charge on any atom is -0.457 e. The van der Waals surface area contributed by atoms with Crippen molar-refractivity contribution in [2.24, 2.45) is 0 Å². The predicted octanol–water partition coefficient (Wildman–Crippen LogP) is 10.0. The van der Waals surface area contributed by atoms with E-state index in [-0.39, 0.29) is 11.5 Å². The molecule has 38 heavy (non-hydrogen) atoms. The molecule has 8 heteroatoms. The quantitative estimate of drug-likeness (QED) is 0.230. The van der Waals surface area contributed by atoms with E-state index >= 15 is 0 Å². The van der Waals surface area contributed by atoms with Gasteiger partial charge in [-0.05, 0) is 66.6 Å². The van der Waals surface area contributed by atoms with Gasteiger partial charge >= 0.3 is 12.4 Å². The highest BCUT2D eigenvalue weighted by Gasteiger charge is 2.72. The summed E-state index contributed by atoms with van der Waals surface area (Å²) in [6.45, 7) is 5.87. The first-order chi connectivity index (χ1) is 18.0. The molecule has 0 saturated heterocycles. The molecular formula is C30H26F6O2. The largest absolute Gasteiger partial charge is 0.457 e. The van der Waals surface area contributed by atoms with Gasteiger partial charge < -0.3 is 9.47 Å². The third kappa shape index (κ3) is 5.96. The maximum absolute atomic E-state index is 14.4. The van der Waals surface area contributed by atoms with Crippen LogP contribution in [0.5, 0.6) is 23.0 Å². The van der Waals surface area contributed by atoms with Crippen LogP contribution in [0.15, 0.2) is 103 Å². The SMILES string of the molecule is CC.Cc1ccc(Oc2ccc(C(c3ccc(Oc4ccccc4)cc3)(C(F)(F)F)C(F)(F)F)cc2)cc1. The maximum Gasteiger partial charge on any atom is 0.411 e. The molecule has 0 N–H and O–H groups in total. The number of alkyl halides is 6. The van der Waals surface area contributed by atoms with Crippen LogP contribution in [0.1, 0.15) is 30.5 Å². The van der Waals surface area contributed by atoms with Gasteiger partial charge in [0.05, 0.1) is 0 Å². The Balaban J connectivity index is 0.00000195. The summed E-state index contributed by atoms with van der Waals surface area (Å²) in [4.78, 5) is 0. The molecule has 0 aliphatic heterocycles. The van der Waals surface area contributed by atoms with Crippen LogP contribution in [0.25, 0.3) is 0 Å². The Morgan fingerprint density at radius 2 is 0.763 bits per heavy atom. The summed E-state index contributed by atoms with van der Waals surface area (Å²) in [5.41, 5.74) is -5.24. The average Bonchev–Trinajstić information content (AvgIpc) is 2.88. The number of hydrogen-bond donors (Lipinski definition) is 0. The summed E-state index contributed by atoms with van der Waals surface area (Å²) in [6.07, 6.45) is -11.4. The zero-order valence-electron chi connectivity index (χ0n) is 20.9. The molecule has 0 unspecified atom stereocenters. The molecule has 0 saturated carbocycles. The number of para-hydroxylation sites is 1. The minimum atomic E-state index is -5.69. The van der Waals surface area contributed by atoms with Crippen molar-refractivity contribution in [3.05, 3.63) is 120 Å². The van der Waals surface area contributed by atoms with Gasteiger partial charge in [0, 0.05) is 0 Å². The summed E-state index contributed by atoms with van der Waals surface area (Å²) in [6, 6.07) is 22.7. The number of hydrogen-bond acceptors (Lipinski definition) is 2. The summed E-state index contributed by atoms with van der Waals surface area (Å²) >= 11 is 0. The lowest BCUT2D eigenvalue weighted by Crippen LogP contribution is -2.54. The molecule has 2 nitrogen and oxygen atoms in total. The smallest absolute Gasteiger partial charge is 0.411 e. The maximum atomic E-state index is 14.4. The number of benzene rings is 4. The van der Waals surface area contributed by atoms with Crippen LogP contribution in [0, 0.1) is 6.92 Å². The molecule has 0 amide bonds. The van der Waals surface area contributed by atoms with Crippen LogP contribution in [0.4, 0.5) is 26.3 Å². The molecule has 4 rings (SSSR count). The van der Waals surface area contributed by atoms with E-state index in [2.05, 4.69) is 0 Å². The molecule has 0 bridgehead atoms. The van der Waals surface area contributed by atoms with Gasteiger partial charge in [-0.1, -0.05) is 74.0 Å². The normalized spacial score (nSPS) is 11.8. The number of aryl methyl sites for hydroxylation is 1. The first-order valence-electron chi connectivity index (χ1n) is 11.8. The van der Waals surface area contributed by atoms with E-state index in [0.717, 1.165) is 54.1 Å². The molecule has 0 heterocycles. The van der Waals surface area contributed by atoms with Crippen LogP contribution in [0.2, 0.25) is 0 Å². The third-order valence-corrected chi connectivity index (χ3v) is 5.66. The lowest BCUT2D eigenvalue weighted by atomic mass is 9.73. The fourth-order valence-corrected chi connectivity index (χ4v) is 3.90. The van der Waals surface area contributed by atoms with Crippen molar-refractivity contribution in [1.29, 1.82) is 0 Å². The monoisotopic (exact) mass is 532 g/mol. The molecule has 0 fully saturated rings. The van der Waals surface area contributed by atoms with E-state index in [4.69, 9.17) is 9.47 Å². The van der Waals surface area contributed by atoms with E-state index in [1.54, 1.807) is 54.6 Å². The van der Waals surface area contributed by atoms with Gasteiger partial charge in [-0.3, -0.25) is 0 Å². The molecule has 0 atom stereocenters.